The summed E-state index contributed by atoms with van der Waals surface area (Å²) in [5.74, 6) is 0.0664. The first-order chi connectivity index (χ1) is 15.5. The molecule has 4 rings (SSSR count). The molecule has 0 radical (unpaired) electrons. The van der Waals surface area contributed by atoms with Crippen LogP contribution in [0.5, 0.6) is 0 Å². The van der Waals surface area contributed by atoms with Crippen LogP contribution in [0.15, 0.2) is 61.9 Å². The number of benzene rings is 1. The Labute approximate surface area is 188 Å². The number of para-hydroxylation sites is 2. The van der Waals surface area contributed by atoms with E-state index in [-0.39, 0.29) is 36.8 Å². The minimum Gasteiger partial charge on any atom is -0.462 e. The molecule has 0 fully saturated rings. The summed E-state index contributed by atoms with van der Waals surface area (Å²) < 4.78 is 10.4. The monoisotopic (exact) mass is 451 g/mol. The van der Waals surface area contributed by atoms with Crippen molar-refractivity contribution in [3.63, 3.8) is 0 Å². The number of thiophene rings is 1. The smallest absolute Gasteiger partial charge is 0.343 e. The Morgan fingerprint density at radius 1 is 1.25 bits per heavy atom. The molecule has 0 atom stereocenters. The van der Waals surface area contributed by atoms with E-state index in [0.29, 0.717) is 23.1 Å². The molecule has 9 nitrogen and oxygen atoms in total. The first-order valence-electron chi connectivity index (χ1n) is 10.0. The van der Waals surface area contributed by atoms with Crippen LogP contribution in [0, 0.1) is 0 Å². The number of nitrogens with one attached hydrogen (secondary N) is 2. The molecule has 1 amide bonds. The fourth-order valence-corrected chi connectivity index (χ4v) is 3.75. The van der Waals surface area contributed by atoms with E-state index in [1.807, 2.05) is 35.0 Å². The Bertz CT molecular complexity index is 1200. The molecule has 3 heterocycles. The molecule has 1 aromatic carbocycles. The van der Waals surface area contributed by atoms with Gasteiger partial charge in [-0.3, -0.25) is 4.79 Å². The Morgan fingerprint density at radius 3 is 2.88 bits per heavy atom. The Kier molecular flexibility index (Phi) is 6.41. The highest BCUT2D eigenvalue weighted by Gasteiger charge is 2.26. The molecule has 0 aliphatic carbocycles. The molecule has 1 aliphatic rings. The highest BCUT2D eigenvalue weighted by atomic mass is 32.1. The number of esters is 1. The highest BCUT2D eigenvalue weighted by molar-refractivity contribution is 7.08. The van der Waals surface area contributed by atoms with E-state index in [9.17, 15) is 9.59 Å². The molecule has 2 aromatic heterocycles. The molecule has 0 saturated carbocycles. The number of fused-ring (bicyclic) bond motifs is 1. The maximum absolute atomic E-state index is 12.7. The largest absolute Gasteiger partial charge is 0.462 e. The van der Waals surface area contributed by atoms with Gasteiger partial charge in [0.15, 0.2) is 0 Å². The van der Waals surface area contributed by atoms with Crippen molar-refractivity contribution in [2.24, 2.45) is 4.99 Å². The molecule has 1 aliphatic heterocycles. The lowest BCUT2D eigenvalue weighted by Gasteiger charge is -2.13. The number of rotatable bonds is 6. The molecule has 2 N–H and O–H groups in total. The lowest BCUT2D eigenvalue weighted by Crippen LogP contribution is -2.35. The number of hydrogen-bond donors (Lipinski definition) is 2. The zero-order valence-corrected chi connectivity index (χ0v) is 18.4. The quantitative estimate of drug-likeness (QED) is 0.547. The molecular formula is C22H21N5O4S. The van der Waals surface area contributed by atoms with Crippen molar-refractivity contribution in [1.29, 1.82) is 0 Å². The van der Waals surface area contributed by atoms with E-state index in [0.717, 1.165) is 11.3 Å². The van der Waals surface area contributed by atoms with Gasteiger partial charge in [-0.1, -0.05) is 17.3 Å². The van der Waals surface area contributed by atoms with Crippen molar-refractivity contribution >= 4 is 40.4 Å². The van der Waals surface area contributed by atoms with Crippen LogP contribution < -0.4 is 10.6 Å². The van der Waals surface area contributed by atoms with Crippen molar-refractivity contribution < 1.29 is 18.8 Å². The van der Waals surface area contributed by atoms with Crippen molar-refractivity contribution in [2.75, 3.05) is 11.9 Å². The van der Waals surface area contributed by atoms with Crippen molar-refractivity contribution in [2.45, 2.75) is 26.7 Å². The van der Waals surface area contributed by atoms with Gasteiger partial charge in [0.25, 0.3) is 0 Å². The number of ether oxygens (including phenoxy) is 1. The van der Waals surface area contributed by atoms with E-state index >= 15 is 0 Å². The summed E-state index contributed by atoms with van der Waals surface area (Å²) in [5.41, 5.74) is 2.90. The van der Waals surface area contributed by atoms with Crippen molar-refractivity contribution in [3.05, 3.63) is 58.3 Å². The number of carbonyl (C=O) groups excluding carboxylic acids is 2. The van der Waals surface area contributed by atoms with Gasteiger partial charge in [-0.15, -0.1) is 0 Å². The minimum absolute atomic E-state index is 0.0779. The number of anilines is 1. The fourth-order valence-electron chi connectivity index (χ4n) is 3.12. The number of hydrogen-bond acceptors (Lipinski definition) is 9. The summed E-state index contributed by atoms with van der Waals surface area (Å²) in [7, 11) is 0. The van der Waals surface area contributed by atoms with Gasteiger partial charge in [-0.2, -0.15) is 16.3 Å². The second-order valence-corrected chi connectivity index (χ2v) is 7.67. The lowest BCUT2D eigenvalue weighted by molar-refractivity contribution is -0.137. The zero-order valence-electron chi connectivity index (χ0n) is 17.5. The molecule has 164 valence electrons. The number of amidine groups is 1. The standard InChI is InChI=1S/C22H21N5O4S/c1-3-30-22(29)19-13(2)23-15-6-4-5-7-16(15)24-21(19)25-17(28)8-9-18-26-20(27-31-18)14-10-11-32-12-14/h4-7,10-12,23H,3,8-9H2,1-2H3,(H,24,25,28). The van der Waals surface area contributed by atoms with E-state index < -0.39 is 5.97 Å². The van der Waals surface area contributed by atoms with Crippen LogP contribution in [0.1, 0.15) is 26.2 Å². The maximum atomic E-state index is 12.7. The maximum Gasteiger partial charge on any atom is 0.343 e. The highest BCUT2D eigenvalue weighted by Crippen LogP contribution is 2.30. The average Bonchev–Trinajstić information content (AvgIpc) is 3.43. The summed E-state index contributed by atoms with van der Waals surface area (Å²) in [6, 6.07) is 9.22. The van der Waals surface area contributed by atoms with Gasteiger partial charge in [0.1, 0.15) is 11.4 Å². The third kappa shape index (κ3) is 4.75. The van der Waals surface area contributed by atoms with Crippen LogP contribution in [0.4, 0.5) is 11.4 Å². The van der Waals surface area contributed by atoms with Crippen LogP contribution >= 0.6 is 11.3 Å². The lowest BCUT2D eigenvalue weighted by atomic mass is 10.1. The SMILES string of the molecule is CCOC(=O)C1=C(C)Nc2ccccc2N=C1NC(=O)CCc1nc(-c2ccsc2)no1. The van der Waals surface area contributed by atoms with E-state index in [1.165, 1.54) is 11.3 Å². The number of allylic oxidation sites excluding steroid dienone is 1. The molecular weight excluding hydrogens is 430 g/mol. The second-order valence-electron chi connectivity index (χ2n) is 6.89. The first-order valence-corrected chi connectivity index (χ1v) is 11.0. The number of amides is 1. The first kappa shape index (κ1) is 21.4. The number of aromatic nitrogens is 2. The van der Waals surface area contributed by atoms with Crippen LogP contribution in [0.25, 0.3) is 11.4 Å². The van der Waals surface area contributed by atoms with Gasteiger partial charge in [0.2, 0.25) is 17.6 Å². The summed E-state index contributed by atoms with van der Waals surface area (Å²) in [4.78, 5) is 34.2. The average molecular weight is 452 g/mol. The van der Waals surface area contributed by atoms with Gasteiger partial charge in [0.05, 0.1) is 18.0 Å². The predicted octanol–water partition coefficient (Wildman–Crippen LogP) is 3.84. The Hall–Kier alpha value is -3.79. The fraction of sp³-hybridized carbons (Fsp3) is 0.227. The summed E-state index contributed by atoms with van der Waals surface area (Å²) in [6.07, 6.45) is 0.330. The number of nitrogens with zero attached hydrogens (tertiary/aromatic N) is 3. The van der Waals surface area contributed by atoms with Crippen LogP contribution in [0.2, 0.25) is 0 Å². The van der Waals surface area contributed by atoms with Gasteiger partial charge >= 0.3 is 5.97 Å². The van der Waals surface area contributed by atoms with Crippen LogP contribution in [-0.2, 0) is 20.7 Å². The van der Waals surface area contributed by atoms with Crippen LogP contribution in [-0.4, -0.2) is 34.5 Å². The summed E-state index contributed by atoms with van der Waals surface area (Å²) >= 11 is 1.54. The summed E-state index contributed by atoms with van der Waals surface area (Å²) in [5, 5.41) is 13.7. The molecule has 0 saturated heterocycles. The zero-order chi connectivity index (χ0) is 22.5. The molecule has 0 unspecified atom stereocenters. The second kappa shape index (κ2) is 9.56. The third-order valence-corrected chi connectivity index (χ3v) is 5.30. The number of aryl methyl sites for hydroxylation is 1. The molecule has 3 aromatic rings. The number of carbonyl (C=O) groups is 2. The van der Waals surface area contributed by atoms with Gasteiger partial charge in [0, 0.05) is 29.5 Å². The Balaban J connectivity index is 1.51. The van der Waals surface area contributed by atoms with Gasteiger partial charge in [-0.05, 0) is 37.4 Å². The molecule has 0 bridgehead atoms. The van der Waals surface area contributed by atoms with E-state index in [4.69, 9.17) is 9.26 Å². The van der Waals surface area contributed by atoms with Crippen LogP contribution in [0.3, 0.4) is 0 Å². The van der Waals surface area contributed by atoms with Crippen molar-refractivity contribution in [1.82, 2.24) is 15.5 Å². The molecule has 32 heavy (non-hydrogen) atoms. The van der Waals surface area contributed by atoms with Crippen molar-refractivity contribution in [3.8, 4) is 11.4 Å². The predicted molar refractivity (Wildman–Crippen MR) is 121 cm³/mol. The van der Waals surface area contributed by atoms with Gasteiger partial charge < -0.3 is 19.9 Å². The third-order valence-electron chi connectivity index (χ3n) is 4.62. The summed E-state index contributed by atoms with van der Waals surface area (Å²) in [6.45, 7) is 3.66. The van der Waals surface area contributed by atoms with Gasteiger partial charge in [-0.25, -0.2) is 9.79 Å². The van der Waals surface area contributed by atoms with E-state index in [1.54, 1.807) is 19.9 Å². The molecule has 0 spiro atoms. The molecule has 10 heteroatoms. The normalized spacial score (nSPS) is 13.0. The van der Waals surface area contributed by atoms with E-state index in [2.05, 4.69) is 25.8 Å². The topological polar surface area (TPSA) is 119 Å². The number of aliphatic imine (C=N–C) groups is 1. The Morgan fingerprint density at radius 2 is 2.09 bits per heavy atom. The minimum atomic E-state index is -0.568.